The number of likely N-dealkylation sites (tertiary alicyclic amines) is 1. The van der Waals surface area contributed by atoms with Crippen LogP contribution in [0.15, 0.2) is 54.6 Å². The molecule has 132 valence electrons. The number of rotatable bonds is 6. The molecule has 1 saturated heterocycles. The molecule has 0 bridgehead atoms. The van der Waals surface area contributed by atoms with E-state index in [1.807, 2.05) is 30.3 Å². The van der Waals surface area contributed by atoms with Crippen molar-refractivity contribution in [3.63, 3.8) is 0 Å². The lowest BCUT2D eigenvalue weighted by molar-refractivity contribution is -0.143. The molecule has 0 unspecified atom stereocenters. The highest BCUT2D eigenvalue weighted by molar-refractivity contribution is 5.86. The van der Waals surface area contributed by atoms with Gasteiger partial charge in [0.2, 0.25) is 0 Å². The number of hydrogen-bond acceptors (Lipinski definition) is 4. The molecule has 1 aliphatic rings. The van der Waals surface area contributed by atoms with Crippen LogP contribution in [0, 0.1) is 5.92 Å². The Balaban J connectivity index is 2.15. The monoisotopic (exact) mass is 345 g/mol. The molecule has 0 saturated carbocycles. The molecule has 7 heteroatoms. The van der Waals surface area contributed by atoms with Crippen molar-refractivity contribution in [1.82, 2.24) is 4.90 Å². The molecule has 25 heavy (non-hydrogen) atoms. The van der Waals surface area contributed by atoms with Crippen LogP contribution in [0.4, 0.5) is 4.79 Å². The number of benzene rings is 1. The smallest absolute Gasteiger partial charge is 0.408 e. The number of carboxylic acid groups (broad SMARTS) is 2. The van der Waals surface area contributed by atoms with Gasteiger partial charge in [-0.2, -0.15) is 0 Å². The van der Waals surface area contributed by atoms with Gasteiger partial charge in [0.15, 0.2) is 0 Å². The third-order valence-corrected chi connectivity index (χ3v) is 3.99. The number of ether oxygens (including phenoxy) is 1. The summed E-state index contributed by atoms with van der Waals surface area (Å²) in [4.78, 5) is 35.6. The zero-order valence-electron chi connectivity index (χ0n) is 13.5. The second-order valence-electron chi connectivity index (χ2n) is 5.64. The standard InChI is InChI=1S/C18H19NO6/c1-2-6-14-13(10-19(18(23)24)16(14)17(21)22)9-15(20)25-11-12-7-4-3-5-8-12/h2-5,7-9,14,16H,1,6,10-11H2,(H,21,22)(H,23,24)/b13-9+/t14-,16-/m1/s1. The predicted molar refractivity (Wildman–Crippen MR) is 88.8 cm³/mol. The van der Waals surface area contributed by atoms with Crippen LogP contribution in [-0.4, -0.2) is 45.7 Å². The number of amides is 1. The molecule has 7 nitrogen and oxygen atoms in total. The number of carbonyl (C=O) groups excluding carboxylic acids is 1. The van der Waals surface area contributed by atoms with E-state index in [1.165, 1.54) is 12.2 Å². The van der Waals surface area contributed by atoms with Gasteiger partial charge in [-0.3, -0.25) is 4.90 Å². The number of aliphatic carboxylic acids is 1. The second kappa shape index (κ2) is 8.14. The number of esters is 1. The molecule has 1 amide bonds. The van der Waals surface area contributed by atoms with E-state index in [0.29, 0.717) is 5.57 Å². The first kappa shape index (κ1) is 18.3. The maximum Gasteiger partial charge on any atom is 0.408 e. The Morgan fingerprint density at radius 2 is 1.92 bits per heavy atom. The van der Waals surface area contributed by atoms with Crippen molar-refractivity contribution in [1.29, 1.82) is 0 Å². The molecule has 1 fully saturated rings. The highest BCUT2D eigenvalue weighted by Gasteiger charge is 2.44. The summed E-state index contributed by atoms with van der Waals surface area (Å²) in [5, 5.41) is 18.6. The number of carboxylic acids is 1. The molecule has 1 aliphatic heterocycles. The minimum Gasteiger partial charge on any atom is -0.480 e. The van der Waals surface area contributed by atoms with E-state index in [1.54, 1.807) is 0 Å². The quantitative estimate of drug-likeness (QED) is 0.466. The molecule has 0 spiro atoms. The number of hydrogen-bond donors (Lipinski definition) is 2. The zero-order valence-corrected chi connectivity index (χ0v) is 13.5. The van der Waals surface area contributed by atoms with E-state index in [9.17, 15) is 24.6 Å². The molecule has 0 radical (unpaired) electrons. The largest absolute Gasteiger partial charge is 0.480 e. The fourth-order valence-electron chi connectivity index (χ4n) is 2.86. The molecule has 1 heterocycles. The van der Waals surface area contributed by atoms with E-state index in [2.05, 4.69) is 6.58 Å². The van der Waals surface area contributed by atoms with Gasteiger partial charge in [-0.05, 0) is 17.6 Å². The van der Waals surface area contributed by atoms with E-state index < -0.39 is 30.0 Å². The summed E-state index contributed by atoms with van der Waals surface area (Å²) in [5.41, 5.74) is 1.23. The number of carbonyl (C=O) groups is 3. The summed E-state index contributed by atoms with van der Waals surface area (Å²) in [6.45, 7) is 3.51. The minimum absolute atomic E-state index is 0.0839. The van der Waals surface area contributed by atoms with Gasteiger partial charge in [0.1, 0.15) is 12.6 Å². The molecule has 2 rings (SSSR count). The maximum absolute atomic E-state index is 12.0. The first-order chi connectivity index (χ1) is 11.9. The van der Waals surface area contributed by atoms with E-state index >= 15 is 0 Å². The van der Waals surface area contributed by atoms with Gasteiger partial charge in [0.25, 0.3) is 0 Å². The third kappa shape index (κ3) is 4.47. The van der Waals surface area contributed by atoms with Crippen LogP contribution in [0.5, 0.6) is 0 Å². The molecule has 0 aliphatic carbocycles. The molecule has 0 aromatic heterocycles. The molecule has 1 aromatic rings. The van der Waals surface area contributed by atoms with Crippen LogP contribution < -0.4 is 0 Å². The van der Waals surface area contributed by atoms with Crippen LogP contribution in [-0.2, 0) is 20.9 Å². The van der Waals surface area contributed by atoms with Crippen molar-refractivity contribution in [2.75, 3.05) is 6.54 Å². The Morgan fingerprint density at radius 3 is 2.48 bits per heavy atom. The second-order valence-corrected chi connectivity index (χ2v) is 5.64. The number of allylic oxidation sites excluding steroid dienone is 1. The van der Waals surface area contributed by atoms with Gasteiger partial charge >= 0.3 is 18.0 Å². The normalized spacial score (nSPS) is 21.1. The third-order valence-electron chi connectivity index (χ3n) is 3.99. The topological polar surface area (TPSA) is 104 Å². The SMILES string of the molecule is C=CC[C@@H]1/C(=C/C(=O)OCc2ccccc2)CN(C(=O)O)[C@H]1C(=O)O. The summed E-state index contributed by atoms with van der Waals surface area (Å²) in [6, 6.07) is 7.86. The van der Waals surface area contributed by atoms with Gasteiger partial charge in [0, 0.05) is 18.5 Å². The fourth-order valence-corrected chi connectivity index (χ4v) is 2.86. The molecular formula is C18H19NO6. The molecule has 2 N–H and O–H groups in total. The maximum atomic E-state index is 12.0. The van der Waals surface area contributed by atoms with Gasteiger partial charge in [-0.15, -0.1) is 6.58 Å². The number of nitrogens with zero attached hydrogens (tertiary/aromatic N) is 1. The minimum atomic E-state index is -1.34. The average Bonchev–Trinajstić information content (AvgIpc) is 2.93. The average molecular weight is 345 g/mol. The fraction of sp³-hybridized carbons (Fsp3) is 0.278. The highest BCUT2D eigenvalue weighted by Crippen LogP contribution is 2.32. The lowest BCUT2D eigenvalue weighted by atomic mass is 9.92. The summed E-state index contributed by atoms with van der Waals surface area (Å²) >= 11 is 0. The van der Waals surface area contributed by atoms with Gasteiger partial charge in [-0.25, -0.2) is 14.4 Å². The Bertz CT molecular complexity index is 697. The first-order valence-electron chi connectivity index (χ1n) is 7.68. The zero-order chi connectivity index (χ0) is 18.4. The van der Waals surface area contributed by atoms with Gasteiger partial charge < -0.3 is 14.9 Å². The van der Waals surface area contributed by atoms with Crippen molar-refractivity contribution in [3.05, 3.63) is 60.2 Å². The van der Waals surface area contributed by atoms with E-state index in [0.717, 1.165) is 10.5 Å². The Labute approximate surface area is 144 Å². The summed E-state index contributed by atoms with van der Waals surface area (Å²) in [6.07, 6.45) is 1.60. The van der Waals surface area contributed by atoms with Crippen molar-refractivity contribution in [3.8, 4) is 0 Å². The Morgan fingerprint density at radius 1 is 1.24 bits per heavy atom. The molecule has 2 atom stereocenters. The van der Waals surface area contributed by atoms with Gasteiger partial charge in [0.05, 0.1) is 0 Å². The van der Waals surface area contributed by atoms with E-state index in [4.69, 9.17) is 4.74 Å². The lowest BCUT2D eigenvalue weighted by Crippen LogP contribution is -2.42. The van der Waals surface area contributed by atoms with Crippen molar-refractivity contribution in [2.24, 2.45) is 5.92 Å². The molecule has 1 aromatic carbocycles. The summed E-state index contributed by atoms with van der Waals surface area (Å²) < 4.78 is 5.15. The molecular weight excluding hydrogens is 326 g/mol. The van der Waals surface area contributed by atoms with Crippen LogP contribution in [0.2, 0.25) is 0 Å². The highest BCUT2D eigenvalue weighted by atomic mass is 16.5. The van der Waals surface area contributed by atoms with Gasteiger partial charge in [-0.1, -0.05) is 36.4 Å². The van der Waals surface area contributed by atoms with Crippen molar-refractivity contribution >= 4 is 18.0 Å². The summed E-state index contributed by atoms with van der Waals surface area (Å²) in [5.74, 6) is -2.53. The lowest BCUT2D eigenvalue weighted by Gasteiger charge is -2.20. The van der Waals surface area contributed by atoms with Crippen LogP contribution in [0.3, 0.4) is 0 Å². The van der Waals surface area contributed by atoms with Crippen molar-refractivity contribution < 1.29 is 29.3 Å². The van der Waals surface area contributed by atoms with Crippen molar-refractivity contribution in [2.45, 2.75) is 19.1 Å². The Kier molecular flexibility index (Phi) is 5.94. The predicted octanol–water partition coefficient (Wildman–Crippen LogP) is 2.30. The van der Waals surface area contributed by atoms with E-state index in [-0.39, 0.29) is 19.6 Å². The van der Waals surface area contributed by atoms with Crippen LogP contribution in [0.25, 0.3) is 0 Å². The van der Waals surface area contributed by atoms with Crippen LogP contribution >= 0.6 is 0 Å². The Hall–Kier alpha value is -3.09. The summed E-state index contributed by atoms with van der Waals surface area (Å²) in [7, 11) is 0. The first-order valence-corrected chi connectivity index (χ1v) is 7.68. The van der Waals surface area contributed by atoms with Crippen LogP contribution in [0.1, 0.15) is 12.0 Å².